The average molecular weight is 299 g/mol. The third-order valence-electron chi connectivity index (χ3n) is 3.87. The Morgan fingerprint density at radius 2 is 2.23 bits per heavy atom. The van der Waals surface area contributed by atoms with Crippen molar-refractivity contribution in [3.63, 3.8) is 0 Å². The van der Waals surface area contributed by atoms with Crippen LogP contribution >= 0.6 is 0 Å². The van der Waals surface area contributed by atoms with E-state index in [2.05, 4.69) is 15.3 Å². The number of rotatable bonds is 3. The molecule has 0 unspecified atom stereocenters. The van der Waals surface area contributed by atoms with E-state index in [0.29, 0.717) is 5.69 Å². The number of aromatic nitrogens is 3. The number of nitrogens with zero attached hydrogens (tertiary/aromatic N) is 4. The van der Waals surface area contributed by atoms with Crippen LogP contribution in [0.4, 0.5) is 0 Å². The molecule has 2 atom stereocenters. The van der Waals surface area contributed by atoms with E-state index in [9.17, 15) is 9.59 Å². The molecule has 22 heavy (non-hydrogen) atoms. The summed E-state index contributed by atoms with van der Waals surface area (Å²) in [6.07, 6.45) is 6.89. The molecule has 2 aromatic rings. The van der Waals surface area contributed by atoms with Gasteiger partial charge in [0.1, 0.15) is 5.69 Å². The van der Waals surface area contributed by atoms with Crippen LogP contribution < -0.4 is 5.32 Å². The summed E-state index contributed by atoms with van der Waals surface area (Å²) in [5, 5.41) is 2.91. The van der Waals surface area contributed by atoms with Crippen LogP contribution in [0, 0.1) is 0 Å². The van der Waals surface area contributed by atoms with E-state index in [4.69, 9.17) is 0 Å². The Hall–Kier alpha value is -2.70. The van der Waals surface area contributed by atoms with Gasteiger partial charge in [-0.3, -0.25) is 14.6 Å². The smallest absolute Gasteiger partial charge is 0.271 e. The van der Waals surface area contributed by atoms with E-state index >= 15 is 0 Å². The zero-order chi connectivity index (χ0) is 15.7. The summed E-state index contributed by atoms with van der Waals surface area (Å²) < 4.78 is 1.71. The normalized spacial score (nSPS) is 21.2. The summed E-state index contributed by atoms with van der Waals surface area (Å²) in [7, 11) is 3.54. The van der Waals surface area contributed by atoms with Gasteiger partial charge in [-0.05, 0) is 11.6 Å². The van der Waals surface area contributed by atoms with Crippen LogP contribution in [0.15, 0.2) is 37.1 Å². The molecule has 1 N–H and O–H groups in total. The topological polar surface area (TPSA) is 80.1 Å². The summed E-state index contributed by atoms with van der Waals surface area (Å²) in [5.41, 5.74) is 1.25. The monoisotopic (exact) mass is 299 g/mol. The molecule has 0 bridgehead atoms. The van der Waals surface area contributed by atoms with E-state index in [1.54, 1.807) is 48.5 Å². The molecule has 7 heteroatoms. The van der Waals surface area contributed by atoms with Gasteiger partial charge in [0.2, 0.25) is 5.91 Å². The Morgan fingerprint density at radius 1 is 1.41 bits per heavy atom. The number of aryl methyl sites for hydroxylation is 1. The number of likely N-dealkylation sites (N-methyl/N-ethyl adjacent to an activating group) is 1. The largest absolute Gasteiger partial charge is 0.345 e. The van der Waals surface area contributed by atoms with E-state index in [-0.39, 0.29) is 30.3 Å². The third kappa shape index (κ3) is 2.57. The van der Waals surface area contributed by atoms with Crippen molar-refractivity contribution in [1.82, 2.24) is 24.8 Å². The van der Waals surface area contributed by atoms with E-state index < -0.39 is 0 Å². The van der Waals surface area contributed by atoms with Crippen molar-refractivity contribution < 1.29 is 9.59 Å². The fourth-order valence-corrected chi connectivity index (χ4v) is 2.78. The van der Waals surface area contributed by atoms with E-state index in [1.807, 2.05) is 12.1 Å². The molecule has 1 fully saturated rings. The van der Waals surface area contributed by atoms with Crippen LogP contribution in [0.1, 0.15) is 28.5 Å². The minimum absolute atomic E-state index is 0.000161. The van der Waals surface area contributed by atoms with Crippen molar-refractivity contribution in [3.05, 3.63) is 48.3 Å². The lowest BCUT2D eigenvalue weighted by atomic mass is 10.0. The molecular weight excluding hydrogens is 282 g/mol. The minimum Gasteiger partial charge on any atom is -0.345 e. The second-order valence-electron chi connectivity index (χ2n) is 5.44. The van der Waals surface area contributed by atoms with Crippen LogP contribution in [0.2, 0.25) is 0 Å². The predicted molar refractivity (Wildman–Crippen MR) is 78.8 cm³/mol. The molecule has 1 aliphatic heterocycles. The summed E-state index contributed by atoms with van der Waals surface area (Å²) in [4.78, 5) is 34.1. The quantitative estimate of drug-likeness (QED) is 0.896. The van der Waals surface area contributed by atoms with Gasteiger partial charge in [0.15, 0.2) is 0 Å². The molecule has 0 saturated carbocycles. The molecule has 3 rings (SSSR count). The first-order valence-corrected chi connectivity index (χ1v) is 7.00. The molecule has 1 saturated heterocycles. The number of amides is 2. The van der Waals surface area contributed by atoms with Gasteiger partial charge >= 0.3 is 0 Å². The second-order valence-corrected chi connectivity index (χ2v) is 5.44. The number of likely N-dealkylation sites (tertiary alicyclic amines) is 1. The number of pyridine rings is 1. The van der Waals surface area contributed by atoms with Crippen LogP contribution in [0.3, 0.4) is 0 Å². The van der Waals surface area contributed by atoms with Crippen molar-refractivity contribution in [2.24, 2.45) is 7.05 Å². The third-order valence-corrected chi connectivity index (χ3v) is 3.87. The lowest BCUT2D eigenvalue weighted by Crippen LogP contribution is -2.39. The average Bonchev–Trinajstić information content (AvgIpc) is 3.05. The van der Waals surface area contributed by atoms with Crippen LogP contribution in [-0.4, -0.2) is 44.3 Å². The van der Waals surface area contributed by atoms with Crippen molar-refractivity contribution in [2.75, 3.05) is 7.05 Å². The summed E-state index contributed by atoms with van der Waals surface area (Å²) in [6.45, 7) is 0. The molecule has 0 aliphatic carbocycles. The molecule has 2 amide bonds. The highest BCUT2D eigenvalue weighted by molar-refractivity contribution is 5.93. The predicted octanol–water partition coefficient (Wildman–Crippen LogP) is 0.517. The first kappa shape index (κ1) is 14.2. The van der Waals surface area contributed by atoms with E-state index in [0.717, 1.165) is 5.56 Å². The molecule has 7 nitrogen and oxygen atoms in total. The van der Waals surface area contributed by atoms with Gasteiger partial charge in [0, 0.05) is 39.1 Å². The van der Waals surface area contributed by atoms with Gasteiger partial charge in [-0.25, -0.2) is 4.98 Å². The first-order valence-electron chi connectivity index (χ1n) is 7.00. The Balaban J connectivity index is 1.82. The molecule has 2 aromatic heterocycles. The number of imidazole rings is 1. The van der Waals surface area contributed by atoms with Crippen molar-refractivity contribution in [3.8, 4) is 0 Å². The second kappa shape index (κ2) is 5.59. The SMILES string of the molecule is CN1C(=O)C[C@@H](NC(=O)c2cn(C)cn2)[C@@H]1c1cccnc1. The highest BCUT2D eigenvalue weighted by atomic mass is 16.2. The van der Waals surface area contributed by atoms with Gasteiger partial charge in [0.25, 0.3) is 5.91 Å². The van der Waals surface area contributed by atoms with Gasteiger partial charge < -0.3 is 14.8 Å². The van der Waals surface area contributed by atoms with Crippen LogP contribution in [0.5, 0.6) is 0 Å². The minimum atomic E-state index is -0.295. The first-order chi connectivity index (χ1) is 10.6. The summed E-state index contributed by atoms with van der Waals surface area (Å²) >= 11 is 0. The number of hydrogen-bond donors (Lipinski definition) is 1. The number of carbonyl (C=O) groups excluding carboxylic acids is 2. The maximum atomic E-state index is 12.3. The standard InChI is InChI=1S/C15H17N5O2/c1-19-8-12(17-9-19)15(22)18-11-6-13(21)20(2)14(11)10-4-3-5-16-7-10/h3-5,7-9,11,14H,6H2,1-2H3,(H,18,22)/t11-,14+/m1/s1. The molecule has 0 aromatic carbocycles. The maximum absolute atomic E-state index is 12.3. The van der Waals surface area contributed by atoms with Gasteiger partial charge in [0.05, 0.1) is 18.4 Å². The Morgan fingerprint density at radius 3 is 2.86 bits per heavy atom. The highest BCUT2D eigenvalue weighted by Gasteiger charge is 2.39. The van der Waals surface area contributed by atoms with Crippen LogP contribution in [0.25, 0.3) is 0 Å². The fraction of sp³-hybridized carbons (Fsp3) is 0.333. The summed E-state index contributed by atoms with van der Waals surface area (Å²) in [6, 6.07) is 3.22. The molecular formula is C15H17N5O2. The lowest BCUT2D eigenvalue weighted by Gasteiger charge is -2.25. The van der Waals surface area contributed by atoms with Crippen molar-refractivity contribution >= 4 is 11.8 Å². The number of carbonyl (C=O) groups is 2. The van der Waals surface area contributed by atoms with Gasteiger partial charge in [-0.1, -0.05) is 6.07 Å². The van der Waals surface area contributed by atoms with Gasteiger partial charge in [-0.15, -0.1) is 0 Å². The maximum Gasteiger partial charge on any atom is 0.271 e. The lowest BCUT2D eigenvalue weighted by molar-refractivity contribution is -0.127. The Labute approximate surface area is 128 Å². The number of nitrogens with one attached hydrogen (secondary N) is 1. The molecule has 3 heterocycles. The molecule has 1 aliphatic rings. The molecule has 0 spiro atoms. The van der Waals surface area contributed by atoms with E-state index in [1.165, 1.54) is 0 Å². The van der Waals surface area contributed by atoms with Gasteiger partial charge in [-0.2, -0.15) is 0 Å². The summed E-state index contributed by atoms with van der Waals surface area (Å²) in [5.74, 6) is -0.275. The molecule has 0 radical (unpaired) electrons. The zero-order valence-corrected chi connectivity index (χ0v) is 12.4. The van der Waals surface area contributed by atoms with Crippen molar-refractivity contribution in [1.29, 1.82) is 0 Å². The highest BCUT2D eigenvalue weighted by Crippen LogP contribution is 2.31. The van der Waals surface area contributed by atoms with Crippen LogP contribution in [-0.2, 0) is 11.8 Å². The zero-order valence-electron chi connectivity index (χ0n) is 12.4. The molecule has 114 valence electrons. The number of hydrogen-bond acceptors (Lipinski definition) is 4. The fourth-order valence-electron chi connectivity index (χ4n) is 2.78. The Kier molecular flexibility index (Phi) is 3.62. The van der Waals surface area contributed by atoms with Crippen molar-refractivity contribution in [2.45, 2.75) is 18.5 Å². The Bertz CT molecular complexity index is 697.